The highest BCUT2D eigenvalue weighted by Gasteiger charge is 2.34. The van der Waals surface area contributed by atoms with Gasteiger partial charge in [0.15, 0.2) is 0 Å². The summed E-state index contributed by atoms with van der Waals surface area (Å²) in [5.41, 5.74) is 2.41. The Morgan fingerprint density at radius 2 is 2.10 bits per heavy atom. The van der Waals surface area contributed by atoms with Crippen LogP contribution in [0.3, 0.4) is 0 Å². The molecular weight excluding hydrogens is 254 g/mol. The van der Waals surface area contributed by atoms with Crippen LogP contribution in [0, 0.1) is 0 Å². The van der Waals surface area contributed by atoms with E-state index in [0.717, 1.165) is 24.9 Å². The smallest absolute Gasteiger partial charge is 0.321 e. The van der Waals surface area contributed by atoms with Crippen LogP contribution >= 0.6 is 0 Å². The number of ether oxygens (including phenoxy) is 1. The largest absolute Gasteiger partial charge is 0.480 e. The zero-order valence-corrected chi connectivity index (χ0v) is 11.8. The monoisotopic (exact) mass is 275 g/mol. The van der Waals surface area contributed by atoms with E-state index in [9.17, 15) is 9.90 Å². The van der Waals surface area contributed by atoms with Gasteiger partial charge in [-0.1, -0.05) is 24.3 Å². The van der Waals surface area contributed by atoms with Crippen LogP contribution in [-0.2, 0) is 22.5 Å². The Bertz CT molecular complexity index is 502. The first-order valence-electron chi connectivity index (χ1n) is 7.32. The SMILES string of the molecule is CC1CCC(CN2Cc3ccccc3CC2C(=O)O)O1. The molecule has 1 saturated heterocycles. The number of carboxylic acid groups (broad SMARTS) is 1. The Morgan fingerprint density at radius 1 is 1.35 bits per heavy atom. The molecule has 3 rings (SSSR count). The second-order valence-electron chi connectivity index (χ2n) is 5.90. The summed E-state index contributed by atoms with van der Waals surface area (Å²) >= 11 is 0. The summed E-state index contributed by atoms with van der Waals surface area (Å²) in [6.07, 6.45) is 3.18. The molecule has 2 heterocycles. The number of nitrogens with zero attached hydrogens (tertiary/aromatic N) is 1. The van der Waals surface area contributed by atoms with Crippen LogP contribution in [0.2, 0.25) is 0 Å². The maximum absolute atomic E-state index is 11.5. The summed E-state index contributed by atoms with van der Waals surface area (Å²) in [5, 5.41) is 9.48. The van der Waals surface area contributed by atoms with E-state index in [1.54, 1.807) is 0 Å². The summed E-state index contributed by atoms with van der Waals surface area (Å²) in [6, 6.07) is 7.71. The molecule has 0 aliphatic carbocycles. The molecule has 2 aliphatic heterocycles. The lowest BCUT2D eigenvalue weighted by Gasteiger charge is -2.35. The number of carbonyl (C=O) groups is 1. The fourth-order valence-corrected chi connectivity index (χ4v) is 3.29. The third kappa shape index (κ3) is 2.72. The molecule has 1 fully saturated rings. The number of hydrogen-bond donors (Lipinski definition) is 1. The zero-order valence-electron chi connectivity index (χ0n) is 11.8. The van der Waals surface area contributed by atoms with Gasteiger partial charge >= 0.3 is 5.97 Å². The molecule has 3 unspecified atom stereocenters. The van der Waals surface area contributed by atoms with E-state index >= 15 is 0 Å². The third-order valence-corrected chi connectivity index (χ3v) is 4.39. The lowest BCUT2D eigenvalue weighted by atomic mass is 9.93. The molecule has 3 atom stereocenters. The van der Waals surface area contributed by atoms with E-state index < -0.39 is 12.0 Å². The fourth-order valence-electron chi connectivity index (χ4n) is 3.29. The van der Waals surface area contributed by atoms with Crippen LogP contribution < -0.4 is 0 Å². The number of aliphatic carboxylic acids is 1. The van der Waals surface area contributed by atoms with Crippen molar-refractivity contribution in [3.8, 4) is 0 Å². The van der Waals surface area contributed by atoms with E-state index in [1.807, 2.05) is 18.2 Å². The van der Waals surface area contributed by atoms with Crippen LogP contribution in [0.15, 0.2) is 24.3 Å². The van der Waals surface area contributed by atoms with Crippen molar-refractivity contribution in [3.63, 3.8) is 0 Å². The molecule has 1 N–H and O–H groups in total. The number of rotatable bonds is 3. The van der Waals surface area contributed by atoms with Gasteiger partial charge in [-0.15, -0.1) is 0 Å². The van der Waals surface area contributed by atoms with Gasteiger partial charge in [-0.25, -0.2) is 0 Å². The topological polar surface area (TPSA) is 49.8 Å². The average Bonchev–Trinajstić information content (AvgIpc) is 2.83. The normalized spacial score (nSPS) is 30.1. The highest BCUT2D eigenvalue weighted by atomic mass is 16.5. The van der Waals surface area contributed by atoms with Crippen LogP contribution in [-0.4, -0.2) is 40.8 Å². The maximum atomic E-state index is 11.5. The second kappa shape index (κ2) is 5.54. The van der Waals surface area contributed by atoms with E-state index in [0.29, 0.717) is 19.1 Å². The predicted molar refractivity (Wildman–Crippen MR) is 75.5 cm³/mol. The van der Waals surface area contributed by atoms with Gasteiger partial charge in [-0.2, -0.15) is 0 Å². The van der Waals surface area contributed by atoms with Crippen LogP contribution in [0.1, 0.15) is 30.9 Å². The summed E-state index contributed by atoms with van der Waals surface area (Å²) in [5.74, 6) is -0.731. The number of benzene rings is 1. The Kier molecular flexibility index (Phi) is 3.76. The van der Waals surface area contributed by atoms with Gasteiger partial charge in [0.2, 0.25) is 0 Å². The highest BCUT2D eigenvalue weighted by Crippen LogP contribution is 2.26. The van der Waals surface area contributed by atoms with Crippen molar-refractivity contribution in [2.75, 3.05) is 6.54 Å². The van der Waals surface area contributed by atoms with Crippen molar-refractivity contribution < 1.29 is 14.6 Å². The third-order valence-electron chi connectivity index (χ3n) is 4.39. The molecule has 20 heavy (non-hydrogen) atoms. The zero-order chi connectivity index (χ0) is 14.1. The fraction of sp³-hybridized carbons (Fsp3) is 0.562. The summed E-state index contributed by atoms with van der Waals surface area (Å²) < 4.78 is 5.85. The molecule has 4 nitrogen and oxygen atoms in total. The highest BCUT2D eigenvalue weighted by molar-refractivity contribution is 5.74. The first-order valence-corrected chi connectivity index (χ1v) is 7.32. The number of hydrogen-bond acceptors (Lipinski definition) is 3. The molecule has 2 aliphatic rings. The van der Waals surface area contributed by atoms with Crippen LogP contribution in [0.5, 0.6) is 0 Å². The average molecular weight is 275 g/mol. The van der Waals surface area contributed by atoms with Gasteiger partial charge in [0.1, 0.15) is 6.04 Å². The predicted octanol–water partition coefficient (Wildman–Crippen LogP) is 2.07. The Hall–Kier alpha value is -1.39. The Labute approximate surface area is 119 Å². The van der Waals surface area contributed by atoms with Gasteiger partial charge in [-0.05, 0) is 37.3 Å². The molecule has 0 saturated carbocycles. The van der Waals surface area contributed by atoms with Crippen molar-refractivity contribution in [2.45, 2.75) is 51.0 Å². The molecule has 4 heteroatoms. The van der Waals surface area contributed by atoms with Crippen molar-refractivity contribution in [2.24, 2.45) is 0 Å². The molecule has 0 aromatic heterocycles. The summed E-state index contributed by atoms with van der Waals surface area (Å²) in [7, 11) is 0. The minimum Gasteiger partial charge on any atom is -0.480 e. The molecule has 0 amide bonds. The quantitative estimate of drug-likeness (QED) is 0.917. The number of fused-ring (bicyclic) bond motifs is 1. The van der Waals surface area contributed by atoms with Gasteiger partial charge < -0.3 is 9.84 Å². The molecular formula is C16H21NO3. The van der Waals surface area contributed by atoms with Gasteiger partial charge in [0.25, 0.3) is 0 Å². The van der Waals surface area contributed by atoms with Gasteiger partial charge in [0, 0.05) is 13.1 Å². The minimum atomic E-state index is -0.731. The van der Waals surface area contributed by atoms with Crippen molar-refractivity contribution in [3.05, 3.63) is 35.4 Å². The molecule has 0 radical (unpaired) electrons. The van der Waals surface area contributed by atoms with E-state index in [1.165, 1.54) is 5.56 Å². The second-order valence-corrected chi connectivity index (χ2v) is 5.90. The van der Waals surface area contributed by atoms with E-state index in [2.05, 4.69) is 17.9 Å². The molecule has 108 valence electrons. The first-order chi connectivity index (χ1) is 9.63. The van der Waals surface area contributed by atoms with Crippen molar-refractivity contribution in [1.82, 2.24) is 4.90 Å². The molecule has 1 aromatic rings. The van der Waals surface area contributed by atoms with Crippen LogP contribution in [0.4, 0.5) is 0 Å². The standard InChI is InChI=1S/C16H21NO3/c1-11-6-7-14(20-11)10-17-9-13-5-3-2-4-12(13)8-15(17)16(18)19/h2-5,11,14-15H,6-10H2,1H3,(H,18,19). The van der Waals surface area contributed by atoms with Crippen molar-refractivity contribution >= 4 is 5.97 Å². The molecule has 0 bridgehead atoms. The first kappa shape index (κ1) is 13.6. The Balaban J connectivity index is 1.76. The summed E-state index contributed by atoms with van der Waals surface area (Å²) in [6.45, 7) is 3.51. The maximum Gasteiger partial charge on any atom is 0.321 e. The van der Waals surface area contributed by atoms with Crippen molar-refractivity contribution in [1.29, 1.82) is 0 Å². The number of carboxylic acids is 1. The minimum absolute atomic E-state index is 0.178. The Morgan fingerprint density at radius 3 is 2.75 bits per heavy atom. The van der Waals surface area contributed by atoms with Crippen LogP contribution in [0.25, 0.3) is 0 Å². The molecule has 0 spiro atoms. The lowest BCUT2D eigenvalue weighted by molar-refractivity contribution is -0.144. The van der Waals surface area contributed by atoms with Gasteiger partial charge in [-0.3, -0.25) is 9.69 Å². The lowest BCUT2D eigenvalue weighted by Crippen LogP contribution is -2.48. The summed E-state index contributed by atoms with van der Waals surface area (Å²) in [4.78, 5) is 13.6. The van der Waals surface area contributed by atoms with E-state index in [-0.39, 0.29) is 6.10 Å². The van der Waals surface area contributed by atoms with Gasteiger partial charge in [0.05, 0.1) is 12.2 Å². The molecule has 1 aromatic carbocycles. The van der Waals surface area contributed by atoms with E-state index in [4.69, 9.17) is 4.74 Å².